The van der Waals surface area contributed by atoms with Crippen molar-refractivity contribution in [1.82, 2.24) is 4.98 Å². The molecular weight excluding hydrogens is 245 g/mol. The summed E-state index contributed by atoms with van der Waals surface area (Å²) in [7, 11) is 1.39. The Balaban J connectivity index is 2.27. The number of benzene rings is 1. The van der Waals surface area contributed by atoms with Crippen LogP contribution in [0.5, 0.6) is 5.75 Å². The smallest absolute Gasteiger partial charge is 0.171 e. The summed E-state index contributed by atoms with van der Waals surface area (Å²) in [5, 5.41) is 0. The average Bonchev–Trinajstić information content (AvgIpc) is 2.46. The van der Waals surface area contributed by atoms with Crippen molar-refractivity contribution in [3.63, 3.8) is 0 Å². The molecule has 0 spiro atoms. The Labute approximate surface area is 111 Å². The molecule has 1 aromatic heterocycles. The van der Waals surface area contributed by atoms with Crippen molar-refractivity contribution in [1.29, 1.82) is 0 Å². The van der Waals surface area contributed by atoms with E-state index in [4.69, 9.17) is 4.74 Å². The zero-order valence-corrected chi connectivity index (χ0v) is 10.8. The Bertz CT molecular complexity index is 584. The van der Waals surface area contributed by atoms with Crippen LogP contribution in [0.4, 0.5) is 4.39 Å². The molecule has 1 atom stereocenters. The molecule has 0 radical (unpaired) electrons. The van der Waals surface area contributed by atoms with Crippen molar-refractivity contribution in [2.45, 2.75) is 12.8 Å². The Morgan fingerprint density at radius 1 is 1.32 bits per heavy atom. The number of Topliss-reactive ketones (excluding diaryl/α,β-unsaturated/α-hetero) is 1. The first kappa shape index (κ1) is 13.2. The molecule has 1 heterocycles. The van der Waals surface area contributed by atoms with Gasteiger partial charge in [0.05, 0.1) is 18.7 Å². The molecule has 0 aliphatic carbocycles. The Hall–Kier alpha value is -2.23. The first-order chi connectivity index (χ1) is 9.13. The van der Waals surface area contributed by atoms with E-state index in [1.807, 2.05) is 6.07 Å². The Morgan fingerprint density at radius 2 is 2.11 bits per heavy atom. The van der Waals surface area contributed by atoms with E-state index >= 15 is 0 Å². The summed E-state index contributed by atoms with van der Waals surface area (Å²) in [5.74, 6) is -0.988. The number of carbonyl (C=O) groups excluding carboxylic acids is 1. The van der Waals surface area contributed by atoms with Gasteiger partial charge in [-0.1, -0.05) is 6.07 Å². The van der Waals surface area contributed by atoms with E-state index < -0.39 is 11.7 Å². The fraction of sp³-hybridized carbons (Fsp3) is 0.200. The second kappa shape index (κ2) is 5.61. The first-order valence-electron chi connectivity index (χ1n) is 5.92. The van der Waals surface area contributed by atoms with Crippen LogP contribution in [0.1, 0.15) is 28.9 Å². The summed E-state index contributed by atoms with van der Waals surface area (Å²) in [5.41, 5.74) is 0.986. The van der Waals surface area contributed by atoms with Gasteiger partial charge in [-0.3, -0.25) is 9.78 Å². The number of rotatable bonds is 4. The first-order valence-corrected chi connectivity index (χ1v) is 5.92. The quantitative estimate of drug-likeness (QED) is 0.791. The lowest BCUT2D eigenvalue weighted by atomic mass is 9.96. The average molecular weight is 259 g/mol. The van der Waals surface area contributed by atoms with E-state index in [9.17, 15) is 9.18 Å². The van der Waals surface area contributed by atoms with E-state index in [1.54, 1.807) is 31.3 Å². The highest BCUT2D eigenvalue weighted by atomic mass is 19.1. The van der Waals surface area contributed by atoms with E-state index in [0.29, 0.717) is 11.3 Å². The summed E-state index contributed by atoms with van der Waals surface area (Å²) in [4.78, 5) is 16.4. The van der Waals surface area contributed by atoms with Crippen molar-refractivity contribution in [2.24, 2.45) is 0 Å². The lowest BCUT2D eigenvalue weighted by molar-refractivity contribution is 0.0964. The number of ketones is 1. The molecule has 0 saturated carbocycles. The largest absolute Gasteiger partial charge is 0.494 e. The summed E-state index contributed by atoms with van der Waals surface area (Å²) in [6.07, 6.45) is 1.63. The molecule has 0 aliphatic heterocycles. The summed E-state index contributed by atoms with van der Waals surface area (Å²) in [6.45, 7) is 1.76. The van der Waals surface area contributed by atoms with Crippen LogP contribution in [0.2, 0.25) is 0 Å². The molecule has 1 unspecified atom stereocenters. The highest BCUT2D eigenvalue weighted by Gasteiger charge is 2.19. The van der Waals surface area contributed by atoms with Crippen LogP contribution in [-0.4, -0.2) is 17.9 Å². The second-order valence-electron chi connectivity index (χ2n) is 4.19. The minimum Gasteiger partial charge on any atom is -0.494 e. The summed E-state index contributed by atoms with van der Waals surface area (Å²) < 4.78 is 18.4. The summed E-state index contributed by atoms with van der Waals surface area (Å²) in [6, 6.07) is 9.59. The molecular formula is C15H14FNO2. The van der Waals surface area contributed by atoms with Crippen LogP contribution in [0.3, 0.4) is 0 Å². The molecule has 0 aliphatic rings. The molecule has 0 amide bonds. The number of aromatic nitrogens is 1. The Morgan fingerprint density at radius 3 is 2.68 bits per heavy atom. The van der Waals surface area contributed by atoms with Crippen LogP contribution >= 0.6 is 0 Å². The normalized spacial score (nSPS) is 11.9. The number of halogens is 1. The lowest BCUT2D eigenvalue weighted by Gasteiger charge is -2.10. The third-order valence-corrected chi connectivity index (χ3v) is 2.96. The highest BCUT2D eigenvalue weighted by Crippen LogP contribution is 2.22. The van der Waals surface area contributed by atoms with Crippen LogP contribution in [0, 0.1) is 5.82 Å². The van der Waals surface area contributed by atoms with Crippen molar-refractivity contribution in [2.75, 3.05) is 7.11 Å². The zero-order chi connectivity index (χ0) is 13.8. The van der Waals surface area contributed by atoms with Crippen molar-refractivity contribution < 1.29 is 13.9 Å². The third-order valence-electron chi connectivity index (χ3n) is 2.96. The molecule has 0 bridgehead atoms. The van der Waals surface area contributed by atoms with Crippen LogP contribution < -0.4 is 4.74 Å². The second-order valence-corrected chi connectivity index (χ2v) is 4.19. The predicted octanol–water partition coefficient (Wildman–Crippen LogP) is 3.22. The monoisotopic (exact) mass is 259 g/mol. The minimum absolute atomic E-state index is 0.127. The number of hydrogen-bond donors (Lipinski definition) is 0. The van der Waals surface area contributed by atoms with Crippen LogP contribution in [0.25, 0.3) is 0 Å². The van der Waals surface area contributed by atoms with E-state index in [-0.39, 0.29) is 11.5 Å². The SMILES string of the molecule is COc1ccc(C(=O)C(C)c2ccccn2)cc1F. The number of pyridine rings is 1. The molecule has 4 heteroatoms. The van der Waals surface area contributed by atoms with E-state index in [0.717, 1.165) is 0 Å². The van der Waals surface area contributed by atoms with Gasteiger partial charge in [0, 0.05) is 11.8 Å². The molecule has 0 fully saturated rings. The predicted molar refractivity (Wildman–Crippen MR) is 69.9 cm³/mol. The van der Waals surface area contributed by atoms with Gasteiger partial charge >= 0.3 is 0 Å². The van der Waals surface area contributed by atoms with Gasteiger partial charge in [0.2, 0.25) is 0 Å². The maximum atomic E-state index is 13.6. The molecule has 1 aromatic carbocycles. The van der Waals surface area contributed by atoms with E-state index in [2.05, 4.69) is 4.98 Å². The van der Waals surface area contributed by atoms with Crippen molar-refractivity contribution in [3.8, 4) is 5.75 Å². The minimum atomic E-state index is -0.540. The highest BCUT2D eigenvalue weighted by molar-refractivity contribution is 6.00. The van der Waals surface area contributed by atoms with Gasteiger partial charge in [-0.25, -0.2) is 4.39 Å². The number of carbonyl (C=O) groups is 1. The van der Waals surface area contributed by atoms with Gasteiger partial charge in [-0.15, -0.1) is 0 Å². The number of methoxy groups -OCH3 is 1. The molecule has 0 N–H and O–H groups in total. The van der Waals surface area contributed by atoms with Gasteiger partial charge in [0.15, 0.2) is 17.3 Å². The molecule has 2 rings (SSSR count). The number of hydrogen-bond acceptors (Lipinski definition) is 3. The Kier molecular flexibility index (Phi) is 3.90. The van der Waals surface area contributed by atoms with Gasteiger partial charge < -0.3 is 4.74 Å². The summed E-state index contributed by atoms with van der Waals surface area (Å²) >= 11 is 0. The van der Waals surface area contributed by atoms with Gasteiger partial charge in [0.25, 0.3) is 0 Å². The molecule has 98 valence electrons. The fourth-order valence-electron chi connectivity index (χ4n) is 1.84. The van der Waals surface area contributed by atoms with Crippen molar-refractivity contribution >= 4 is 5.78 Å². The van der Waals surface area contributed by atoms with Crippen molar-refractivity contribution in [3.05, 3.63) is 59.7 Å². The zero-order valence-electron chi connectivity index (χ0n) is 10.8. The van der Waals surface area contributed by atoms with E-state index in [1.165, 1.54) is 19.2 Å². The van der Waals surface area contributed by atoms with Crippen LogP contribution in [-0.2, 0) is 0 Å². The van der Waals surface area contributed by atoms with Crippen LogP contribution in [0.15, 0.2) is 42.6 Å². The maximum Gasteiger partial charge on any atom is 0.171 e. The molecule has 19 heavy (non-hydrogen) atoms. The number of ether oxygens (including phenoxy) is 1. The number of nitrogens with zero attached hydrogens (tertiary/aromatic N) is 1. The van der Waals surface area contributed by atoms with Gasteiger partial charge in [0.1, 0.15) is 0 Å². The molecule has 2 aromatic rings. The third kappa shape index (κ3) is 2.78. The fourth-order valence-corrected chi connectivity index (χ4v) is 1.84. The van der Waals surface area contributed by atoms with Gasteiger partial charge in [-0.2, -0.15) is 0 Å². The van der Waals surface area contributed by atoms with Gasteiger partial charge in [-0.05, 0) is 37.3 Å². The lowest BCUT2D eigenvalue weighted by Crippen LogP contribution is -2.11. The molecule has 3 nitrogen and oxygen atoms in total. The standard InChI is InChI=1S/C15H14FNO2/c1-10(13-5-3-4-8-17-13)15(18)11-6-7-14(19-2)12(16)9-11/h3-10H,1-2H3. The molecule has 0 saturated heterocycles. The topological polar surface area (TPSA) is 39.2 Å². The maximum absolute atomic E-state index is 13.6.